The molecule has 22 heavy (non-hydrogen) atoms. The fourth-order valence-corrected chi connectivity index (χ4v) is 2.38. The lowest BCUT2D eigenvalue weighted by molar-refractivity contribution is -0.0554. The number of benzene rings is 1. The van der Waals surface area contributed by atoms with E-state index in [0.717, 1.165) is 5.69 Å². The second-order valence-electron chi connectivity index (χ2n) is 5.21. The average Bonchev–Trinajstić information content (AvgIpc) is 3.03. The minimum atomic E-state index is 0.0452. The van der Waals surface area contributed by atoms with Gasteiger partial charge in [0.05, 0.1) is 25.6 Å². The second-order valence-corrected chi connectivity index (χ2v) is 5.21. The van der Waals surface area contributed by atoms with Crippen molar-refractivity contribution in [1.29, 1.82) is 0 Å². The smallest absolute Gasteiger partial charge is 0.254 e. The van der Waals surface area contributed by atoms with E-state index in [1.165, 1.54) is 0 Å². The van der Waals surface area contributed by atoms with E-state index in [1.807, 2.05) is 35.0 Å². The fraction of sp³-hybridized carbons (Fsp3) is 0.375. The van der Waals surface area contributed by atoms with Gasteiger partial charge in [-0.15, -0.1) is 0 Å². The van der Waals surface area contributed by atoms with Crippen LogP contribution in [-0.4, -0.2) is 59.9 Å². The molecule has 0 unspecified atom stereocenters. The van der Waals surface area contributed by atoms with Gasteiger partial charge in [0.1, 0.15) is 0 Å². The summed E-state index contributed by atoms with van der Waals surface area (Å²) in [6, 6.07) is 7.52. The van der Waals surface area contributed by atoms with Crippen molar-refractivity contribution in [3.63, 3.8) is 0 Å². The first-order valence-electron chi connectivity index (χ1n) is 7.26. The maximum atomic E-state index is 12.3. The van der Waals surface area contributed by atoms with Crippen LogP contribution in [0, 0.1) is 0 Å². The zero-order valence-electron chi connectivity index (χ0n) is 12.5. The normalized spacial score (nSPS) is 14.9. The summed E-state index contributed by atoms with van der Waals surface area (Å²) in [5.74, 6) is 0.0452. The molecule has 1 aromatic heterocycles. The van der Waals surface area contributed by atoms with Crippen LogP contribution < -0.4 is 0 Å². The summed E-state index contributed by atoms with van der Waals surface area (Å²) in [5, 5.41) is 0. The molecule has 6 nitrogen and oxygen atoms in total. The number of aromatic nitrogens is 2. The van der Waals surface area contributed by atoms with Gasteiger partial charge in [-0.05, 0) is 24.3 Å². The Bertz CT molecular complexity index is 604. The van der Waals surface area contributed by atoms with Gasteiger partial charge in [0.15, 0.2) is 0 Å². The van der Waals surface area contributed by atoms with E-state index in [0.29, 0.717) is 31.9 Å². The largest absolute Gasteiger partial charge is 0.382 e. The Morgan fingerprint density at radius 2 is 2.05 bits per heavy atom. The number of nitrogens with zero attached hydrogens (tertiary/aromatic N) is 3. The molecule has 116 valence electrons. The van der Waals surface area contributed by atoms with Gasteiger partial charge < -0.3 is 18.9 Å². The monoisotopic (exact) mass is 301 g/mol. The van der Waals surface area contributed by atoms with E-state index in [1.54, 1.807) is 24.5 Å². The van der Waals surface area contributed by atoms with Crippen molar-refractivity contribution in [1.82, 2.24) is 14.5 Å². The van der Waals surface area contributed by atoms with Gasteiger partial charge in [-0.2, -0.15) is 0 Å². The summed E-state index contributed by atoms with van der Waals surface area (Å²) in [6.07, 6.45) is 5.45. The molecule has 2 aromatic rings. The molecular formula is C16H19N3O3. The summed E-state index contributed by atoms with van der Waals surface area (Å²) in [4.78, 5) is 18.1. The summed E-state index contributed by atoms with van der Waals surface area (Å²) in [5.41, 5.74) is 1.68. The third kappa shape index (κ3) is 3.18. The lowest BCUT2D eigenvalue weighted by atomic mass is 10.1. The lowest BCUT2D eigenvalue weighted by Gasteiger charge is -2.38. The maximum Gasteiger partial charge on any atom is 0.254 e. The molecule has 1 aliphatic rings. The van der Waals surface area contributed by atoms with E-state index in [4.69, 9.17) is 9.47 Å². The molecule has 1 amide bonds. The fourth-order valence-electron chi connectivity index (χ4n) is 2.38. The van der Waals surface area contributed by atoms with Crippen molar-refractivity contribution in [2.24, 2.45) is 0 Å². The van der Waals surface area contributed by atoms with Crippen LogP contribution in [0.1, 0.15) is 10.4 Å². The van der Waals surface area contributed by atoms with Crippen LogP contribution >= 0.6 is 0 Å². The Morgan fingerprint density at radius 3 is 2.68 bits per heavy atom. The van der Waals surface area contributed by atoms with Crippen molar-refractivity contribution in [3.8, 4) is 5.69 Å². The van der Waals surface area contributed by atoms with Crippen LogP contribution in [0.2, 0.25) is 0 Å². The second kappa shape index (κ2) is 6.72. The molecule has 0 bridgehead atoms. The highest BCUT2D eigenvalue weighted by Gasteiger charge is 2.31. The van der Waals surface area contributed by atoms with Gasteiger partial charge >= 0.3 is 0 Å². The Morgan fingerprint density at radius 1 is 1.27 bits per heavy atom. The quantitative estimate of drug-likeness (QED) is 0.756. The molecule has 0 saturated carbocycles. The predicted octanol–water partition coefficient (Wildman–Crippen LogP) is 1.36. The molecule has 3 rings (SSSR count). The van der Waals surface area contributed by atoms with Crippen LogP contribution in [0.4, 0.5) is 0 Å². The molecule has 0 atom stereocenters. The molecule has 0 radical (unpaired) electrons. The zero-order valence-corrected chi connectivity index (χ0v) is 12.5. The van der Waals surface area contributed by atoms with E-state index in [9.17, 15) is 4.79 Å². The first-order valence-corrected chi connectivity index (χ1v) is 7.26. The minimum absolute atomic E-state index is 0.0452. The molecule has 0 N–H and O–H groups in total. The summed E-state index contributed by atoms with van der Waals surface area (Å²) >= 11 is 0. The third-order valence-corrected chi connectivity index (χ3v) is 3.69. The SMILES string of the molecule is COCCOC1CN(C(=O)c2ccc(-n3ccnc3)cc2)C1. The number of carbonyl (C=O) groups is 1. The van der Waals surface area contributed by atoms with Crippen LogP contribution in [0.25, 0.3) is 5.69 Å². The van der Waals surface area contributed by atoms with Crippen molar-refractivity contribution in [3.05, 3.63) is 48.5 Å². The van der Waals surface area contributed by atoms with Gasteiger partial charge in [-0.3, -0.25) is 4.79 Å². The number of rotatable bonds is 6. The summed E-state index contributed by atoms with van der Waals surface area (Å²) < 4.78 is 12.4. The molecule has 1 aliphatic heterocycles. The first kappa shape index (κ1) is 14.7. The third-order valence-electron chi connectivity index (χ3n) is 3.69. The van der Waals surface area contributed by atoms with E-state index < -0.39 is 0 Å². The Balaban J connectivity index is 1.53. The van der Waals surface area contributed by atoms with Crippen LogP contribution in [-0.2, 0) is 9.47 Å². The highest BCUT2D eigenvalue weighted by atomic mass is 16.5. The number of amides is 1. The highest BCUT2D eigenvalue weighted by molar-refractivity contribution is 5.95. The van der Waals surface area contributed by atoms with Gasteiger partial charge in [0.25, 0.3) is 5.91 Å². The van der Waals surface area contributed by atoms with Crippen molar-refractivity contribution >= 4 is 5.91 Å². The Kier molecular flexibility index (Phi) is 4.50. The number of ether oxygens (including phenoxy) is 2. The molecular weight excluding hydrogens is 282 g/mol. The number of methoxy groups -OCH3 is 1. The van der Waals surface area contributed by atoms with E-state index in [-0.39, 0.29) is 12.0 Å². The number of carbonyl (C=O) groups excluding carboxylic acids is 1. The van der Waals surface area contributed by atoms with Crippen molar-refractivity contribution < 1.29 is 14.3 Å². The molecule has 6 heteroatoms. The number of likely N-dealkylation sites (tertiary alicyclic amines) is 1. The molecule has 1 aromatic carbocycles. The maximum absolute atomic E-state index is 12.3. The Labute approximate surface area is 129 Å². The van der Waals surface area contributed by atoms with Gasteiger partial charge in [-0.25, -0.2) is 4.98 Å². The van der Waals surface area contributed by atoms with Crippen LogP contribution in [0.5, 0.6) is 0 Å². The first-order chi connectivity index (χ1) is 10.8. The van der Waals surface area contributed by atoms with E-state index >= 15 is 0 Å². The summed E-state index contributed by atoms with van der Waals surface area (Å²) in [6.45, 7) is 2.45. The predicted molar refractivity (Wildman–Crippen MR) is 81.1 cm³/mol. The zero-order chi connectivity index (χ0) is 15.4. The van der Waals surface area contributed by atoms with Crippen molar-refractivity contribution in [2.75, 3.05) is 33.4 Å². The standard InChI is InChI=1S/C16H19N3O3/c1-21-8-9-22-15-10-19(11-15)16(20)13-2-4-14(5-3-13)18-7-6-17-12-18/h2-7,12,15H,8-11H2,1H3. The average molecular weight is 301 g/mol. The van der Waals surface area contributed by atoms with Crippen molar-refractivity contribution in [2.45, 2.75) is 6.10 Å². The molecule has 0 aliphatic carbocycles. The van der Waals surface area contributed by atoms with Crippen LogP contribution in [0.15, 0.2) is 43.0 Å². The Hall–Kier alpha value is -2.18. The van der Waals surface area contributed by atoms with Gasteiger partial charge in [0.2, 0.25) is 0 Å². The number of hydrogen-bond donors (Lipinski definition) is 0. The van der Waals surface area contributed by atoms with E-state index in [2.05, 4.69) is 4.98 Å². The lowest BCUT2D eigenvalue weighted by Crippen LogP contribution is -2.55. The minimum Gasteiger partial charge on any atom is -0.382 e. The topological polar surface area (TPSA) is 56.6 Å². The van der Waals surface area contributed by atoms with Gasteiger partial charge in [0, 0.05) is 43.8 Å². The van der Waals surface area contributed by atoms with Crippen LogP contribution in [0.3, 0.4) is 0 Å². The molecule has 1 fully saturated rings. The molecule has 0 spiro atoms. The summed E-state index contributed by atoms with van der Waals surface area (Å²) in [7, 11) is 1.65. The number of imidazole rings is 1. The van der Waals surface area contributed by atoms with Gasteiger partial charge in [-0.1, -0.05) is 0 Å². The number of hydrogen-bond acceptors (Lipinski definition) is 4. The molecule has 1 saturated heterocycles. The highest BCUT2D eigenvalue weighted by Crippen LogP contribution is 2.17. The molecule has 2 heterocycles.